The van der Waals surface area contributed by atoms with Gasteiger partial charge in [-0.2, -0.15) is 0 Å². The first-order valence-corrected chi connectivity index (χ1v) is 5.12. The number of piperidine rings is 1. The van der Waals surface area contributed by atoms with Crippen LogP contribution in [0.3, 0.4) is 0 Å². The number of rotatable bonds is 0. The summed E-state index contributed by atoms with van der Waals surface area (Å²) in [7, 11) is 0. The van der Waals surface area contributed by atoms with Gasteiger partial charge in [0, 0.05) is 26.2 Å². The maximum Gasteiger partial charge on any atom is 0.00772 e. The molecule has 0 saturated carbocycles. The van der Waals surface area contributed by atoms with Gasteiger partial charge in [-0.25, -0.2) is 0 Å². The molecule has 2 rings (SSSR count). The van der Waals surface area contributed by atoms with E-state index in [-0.39, 0.29) is 12.4 Å². The smallest absolute Gasteiger partial charge is 0.00772 e. The predicted molar refractivity (Wildman–Crippen MR) is 59.7 cm³/mol. The van der Waals surface area contributed by atoms with Crippen LogP contribution < -0.4 is 16.0 Å². The second-order valence-corrected chi connectivity index (χ2v) is 3.31. The molecule has 0 aromatic heterocycles. The van der Waals surface area contributed by atoms with Gasteiger partial charge in [0.2, 0.25) is 0 Å². The lowest BCUT2D eigenvalue weighted by Gasteiger charge is -2.11. The van der Waals surface area contributed by atoms with Crippen LogP contribution in [-0.2, 0) is 0 Å². The van der Waals surface area contributed by atoms with E-state index in [2.05, 4.69) is 16.0 Å². The van der Waals surface area contributed by atoms with Gasteiger partial charge in [-0.1, -0.05) is 6.42 Å². The molecular weight excluding hydrogens is 186 g/mol. The lowest BCUT2D eigenvalue weighted by molar-refractivity contribution is 0.520. The van der Waals surface area contributed by atoms with Gasteiger partial charge < -0.3 is 16.0 Å². The van der Waals surface area contributed by atoms with Crippen molar-refractivity contribution in [1.82, 2.24) is 16.0 Å². The minimum Gasteiger partial charge on any atom is -0.317 e. The van der Waals surface area contributed by atoms with Crippen molar-refractivity contribution in [3.05, 3.63) is 0 Å². The summed E-state index contributed by atoms with van der Waals surface area (Å²) in [5.74, 6) is 0. The number of nitrogens with one attached hydrogen (secondary N) is 3. The highest BCUT2D eigenvalue weighted by Crippen LogP contribution is 1.96. The highest BCUT2D eigenvalue weighted by Gasteiger charge is 1.93. The van der Waals surface area contributed by atoms with Crippen molar-refractivity contribution in [3.63, 3.8) is 0 Å². The topological polar surface area (TPSA) is 36.1 Å². The van der Waals surface area contributed by atoms with Crippen LogP contribution in [0.2, 0.25) is 0 Å². The fourth-order valence-corrected chi connectivity index (χ4v) is 1.41. The van der Waals surface area contributed by atoms with E-state index >= 15 is 0 Å². The van der Waals surface area contributed by atoms with Crippen LogP contribution in [0.15, 0.2) is 0 Å². The monoisotopic (exact) mass is 207 g/mol. The Labute approximate surface area is 87.5 Å². The first kappa shape index (κ1) is 13.2. The standard InChI is InChI=1S/C5H11N.C4H10N2.ClH/c1-2-4-6-5-3-1;1-2-6-4-3-5-1;/h6H,1-5H2;5-6H,1-4H2;1H. The van der Waals surface area contributed by atoms with E-state index < -0.39 is 0 Å². The van der Waals surface area contributed by atoms with E-state index in [4.69, 9.17) is 0 Å². The molecule has 3 nitrogen and oxygen atoms in total. The van der Waals surface area contributed by atoms with Gasteiger partial charge in [0.15, 0.2) is 0 Å². The summed E-state index contributed by atoms with van der Waals surface area (Å²) in [6.45, 7) is 7.06. The average molecular weight is 208 g/mol. The van der Waals surface area contributed by atoms with E-state index in [0.717, 1.165) is 26.2 Å². The predicted octanol–water partition coefficient (Wildman–Crippen LogP) is 0.361. The Kier molecular flexibility index (Phi) is 10.4. The van der Waals surface area contributed by atoms with Crippen molar-refractivity contribution in [1.29, 1.82) is 0 Å². The Hall–Kier alpha value is 0.170. The fourth-order valence-electron chi connectivity index (χ4n) is 1.41. The first-order valence-electron chi connectivity index (χ1n) is 5.12. The Bertz CT molecular complexity index is 57.8. The molecule has 3 N–H and O–H groups in total. The van der Waals surface area contributed by atoms with Gasteiger partial charge in [0.05, 0.1) is 0 Å². The van der Waals surface area contributed by atoms with Crippen molar-refractivity contribution in [2.75, 3.05) is 39.3 Å². The molecule has 2 heterocycles. The van der Waals surface area contributed by atoms with Gasteiger partial charge in [-0.05, 0) is 25.9 Å². The SMILES string of the molecule is C1CCNCC1.C1CNCCN1.Cl. The van der Waals surface area contributed by atoms with Gasteiger partial charge in [0.1, 0.15) is 0 Å². The van der Waals surface area contributed by atoms with Gasteiger partial charge in [-0.15, -0.1) is 12.4 Å². The third-order valence-electron chi connectivity index (χ3n) is 2.16. The normalized spacial score (nSPS) is 22.2. The third-order valence-corrected chi connectivity index (χ3v) is 2.16. The Morgan fingerprint density at radius 2 is 0.846 bits per heavy atom. The van der Waals surface area contributed by atoms with Crippen molar-refractivity contribution >= 4 is 12.4 Å². The van der Waals surface area contributed by atoms with Crippen LogP contribution in [0.4, 0.5) is 0 Å². The molecule has 80 valence electrons. The van der Waals surface area contributed by atoms with Gasteiger partial charge in [-0.3, -0.25) is 0 Å². The fraction of sp³-hybridized carbons (Fsp3) is 1.00. The molecule has 0 amide bonds. The van der Waals surface area contributed by atoms with Crippen LogP contribution in [-0.4, -0.2) is 39.3 Å². The number of hydrogen-bond donors (Lipinski definition) is 3. The highest BCUT2D eigenvalue weighted by atomic mass is 35.5. The maximum absolute atomic E-state index is 3.28. The molecule has 0 aromatic rings. The van der Waals surface area contributed by atoms with Crippen LogP contribution in [0.1, 0.15) is 19.3 Å². The Balaban J connectivity index is 0.000000206. The molecule has 13 heavy (non-hydrogen) atoms. The minimum absolute atomic E-state index is 0. The highest BCUT2D eigenvalue weighted by molar-refractivity contribution is 5.85. The van der Waals surface area contributed by atoms with Crippen molar-refractivity contribution in [2.45, 2.75) is 19.3 Å². The van der Waals surface area contributed by atoms with Crippen LogP contribution in [0.5, 0.6) is 0 Å². The molecule has 2 saturated heterocycles. The quantitative estimate of drug-likeness (QED) is 0.537. The van der Waals surface area contributed by atoms with Crippen LogP contribution in [0.25, 0.3) is 0 Å². The third kappa shape index (κ3) is 8.50. The summed E-state index contributed by atoms with van der Waals surface area (Å²) in [4.78, 5) is 0. The molecule has 0 spiro atoms. The van der Waals surface area contributed by atoms with E-state index in [1.807, 2.05) is 0 Å². The summed E-state index contributed by atoms with van der Waals surface area (Å²) in [6, 6.07) is 0. The summed E-state index contributed by atoms with van der Waals surface area (Å²) in [5.41, 5.74) is 0. The molecule has 0 unspecified atom stereocenters. The molecule has 2 aliphatic rings. The zero-order chi connectivity index (χ0) is 8.49. The summed E-state index contributed by atoms with van der Waals surface area (Å²) >= 11 is 0. The maximum atomic E-state index is 3.28. The summed E-state index contributed by atoms with van der Waals surface area (Å²) in [5, 5.41) is 9.73. The van der Waals surface area contributed by atoms with Gasteiger partial charge >= 0.3 is 0 Å². The molecule has 2 aliphatic heterocycles. The van der Waals surface area contributed by atoms with Crippen molar-refractivity contribution < 1.29 is 0 Å². The van der Waals surface area contributed by atoms with Gasteiger partial charge in [0.25, 0.3) is 0 Å². The largest absolute Gasteiger partial charge is 0.317 e. The van der Waals surface area contributed by atoms with Crippen LogP contribution >= 0.6 is 12.4 Å². The van der Waals surface area contributed by atoms with Crippen molar-refractivity contribution in [3.8, 4) is 0 Å². The summed E-state index contributed by atoms with van der Waals surface area (Å²) in [6.07, 6.45) is 4.22. The molecular formula is C9H22ClN3. The molecule has 0 bridgehead atoms. The lowest BCUT2D eigenvalue weighted by atomic mass is 10.2. The molecule has 0 aromatic carbocycles. The minimum atomic E-state index is 0. The van der Waals surface area contributed by atoms with E-state index in [1.165, 1.54) is 32.4 Å². The Morgan fingerprint density at radius 1 is 0.462 bits per heavy atom. The molecule has 4 heteroatoms. The number of hydrogen-bond acceptors (Lipinski definition) is 3. The summed E-state index contributed by atoms with van der Waals surface area (Å²) < 4.78 is 0. The van der Waals surface area contributed by atoms with E-state index in [0.29, 0.717) is 0 Å². The second kappa shape index (κ2) is 10.3. The molecule has 0 aliphatic carbocycles. The van der Waals surface area contributed by atoms with Crippen LogP contribution in [0, 0.1) is 0 Å². The molecule has 2 fully saturated rings. The van der Waals surface area contributed by atoms with Crippen molar-refractivity contribution in [2.24, 2.45) is 0 Å². The molecule has 0 atom stereocenters. The second-order valence-electron chi connectivity index (χ2n) is 3.31. The number of halogens is 1. The number of piperazine rings is 1. The first-order chi connectivity index (χ1) is 6.00. The zero-order valence-electron chi connectivity index (χ0n) is 8.27. The zero-order valence-corrected chi connectivity index (χ0v) is 9.09. The van der Waals surface area contributed by atoms with E-state index in [1.54, 1.807) is 0 Å². The Morgan fingerprint density at radius 3 is 1.00 bits per heavy atom. The molecule has 0 radical (unpaired) electrons. The van der Waals surface area contributed by atoms with E-state index in [9.17, 15) is 0 Å². The lowest BCUT2D eigenvalue weighted by Crippen LogP contribution is -2.39. The average Bonchev–Trinajstić information content (AvgIpc) is 2.24.